The van der Waals surface area contributed by atoms with Gasteiger partial charge in [-0.3, -0.25) is 4.79 Å². The maximum Gasteiger partial charge on any atom is 0.328 e. The highest BCUT2D eigenvalue weighted by molar-refractivity contribution is 5.85. The normalized spacial score (nSPS) is 11.8. The Morgan fingerprint density at radius 2 is 2.00 bits per heavy atom. The molecule has 116 valence electrons. The quantitative estimate of drug-likeness (QED) is 0.786. The largest absolute Gasteiger partial charge is 0.467 e. The Hall–Kier alpha value is -1.98. The van der Waals surface area contributed by atoms with Gasteiger partial charge in [0.1, 0.15) is 6.04 Å². The van der Waals surface area contributed by atoms with Gasteiger partial charge in [-0.05, 0) is 24.1 Å². The molecular weight excluding hydrogens is 280 g/mol. The van der Waals surface area contributed by atoms with Crippen molar-refractivity contribution in [1.29, 1.82) is 0 Å². The van der Waals surface area contributed by atoms with E-state index in [2.05, 4.69) is 10.1 Å². The molecule has 1 rings (SSSR count). The summed E-state index contributed by atoms with van der Waals surface area (Å²) in [5, 5.41) is 2.56. The van der Waals surface area contributed by atoms with Crippen molar-refractivity contribution in [2.24, 2.45) is 0 Å². The predicted molar refractivity (Wildman–Crippen MR) is 73.5 cm³/mol. The number of amides is 1. The van der Waals surface area contributed by atoms with Crippen molar-refractivity contribution >= 4 is 11.9 Å². The van der Waals surface area contributed by atoms with Crippen LogP contribution in [0.5, 0.6) is 0 Å². The smallest absolute Gasteiger partial charge is 0.328 e. The summed E-state index contributed by atoms with van der Waals surface area (Å²) >= 11 is 0. The maximum atomic E-state index is 13.1. The molecule has 0 heterocycles. The lowest BCUT2D eigenvalue weighted by Crippen LogP contribution is -2.42. The fourth-order valence-corrected chi connectivity index (χ4v) is 1.88. The highest BCUT2D eigenvalue weighted by atomic mass is 19.2. The summed E-state index contributed by atoms with van der Waals surface area (Å²) in [4.78, 5) is 23.4. The van der Waals surface area contributed by atoms with Crippen molar-refractivity contribution in [1.82, 2.24) is 5.32 Å². The molecule has 0 aromatic heterocycles. The first kappa shape index (κ1) is 17.1. The van der Waals surface area contributed by atoms with E-state index in [0.29, 0.717) is 12.0 Å². The van der Waals surface area contributed by atoms with Crippen molar-refractivity contribution in [2.45, 2.75) is 38.6 Å². The van der Waals surface area contributed by atoms with Crippen LogP contribution in [0.25, 0.3) is 0 Å². The number of nitrogens with one attached hydrogen (secondary N) is 1. The lowest BCUT2D eigenvalue weighted by molar-refractivity contribution is -0.145. The SMILES string of the molecule is CCCC[C@H](NC(=O)Cc1ccc(F)c(F)c1)C(=O)OC. The van der Waals surface area contributed by atoms with E-state index in [9.17, 15) is 18.4 Å². The molecule has 1 aromatic carbocycles. The number of benzene rings is 1. The maximum absolute atomic E-state index is 13.1. The number of halogens is 2. The van der Waals surface area contributed by atoms with E-state index in [4.69, 9.17) is 0 Å². The molecular formula is C15H19F2NO3. The van der Waals surface area contributed by atoms with Crippen LogP contribution in [0.2, 0.25) is 0 Å². The first-order valence-corrected chi connectivity index (χ1v) is 6.79. The van der Waals surface area contributed by atoms with Gasteiger partial charge >= 0.3 is 5.97 Å². The molecule has 0 radical (unpaired) electrons. The molecule has 0 saturated heterocycles. The standard InChI is InChI=1S/C15H19F2NO3/c1-3-4-5-13(15(20)21-2)18-14(19)9-10-6-7-11(16)12(17)8-10/h6-8,13H,3-5,9H2,1-2H3,(H,18,19)/t13-/m0/s1. The molecule has 21 heavy (non-hydrogen) atoms. The first-order chi connectivity index (χ1) is 9.97. The van der Waals surface area contributed by atoms with Gasteiger partial charge < -0.3 is 10.1 Å². The van der Waals surface area contributed by atoms with E-state index in [1.807, 2.05) is 6.92 Å². The third-order valence-electron chi connectivity index (χ3n) is 3.02. The van der Waals surface area contributed by atoms with E-state index in [-0.39, 0.29) is 6.42 Å². The average Bonchev–Trinajstić information content (AvgIpc) is 2.46. The lowest BCUT2D eigenvalue weighted by atomic mass is 10.1. The topological polar surface area (TPSA) is 55.4 Å². The van der Waals surface area contributed by atoms with Crippen LogP contribution in [0.1, 0.15) is 31.7 Å². The van der Waals surface area contributed by atoms with Gasteiger partial charge in [0, 0.05) is 0 Å². The summed E-state index contributed by atoms with van der Waals surface area (Å²) in [5.74, 6) is -2.92. The van der Waals surface area contributed by atoms with E-state index in [1.54, 1.807) is 0 Å². The molecule has 0 aliphatic carbocycles. The number of rotatable bonds is 7. The Bertz CT molecular complexity index is 506. The Kier molecular flexibility index (Phi) is 6.78. The number of hydrogen-bond acceptors (Lipinski definition) is 3. The molecule has 0 fully saturated rings. The fraction of sp³-hybridized carbons (Fsp3) is 0.467. The molecule has 4 nitrogen and oxygen atoms in total. The van der Waals surface area contributed by atoms with Gasteiger partial charge in [0.15, 0.2) is 11.6 Å². The summed E-state index contributed by atoms with van der Waals surface area (Å²) in [7, 11) is 1.25. The molecule has 0 aliphatic rings. The second-order valence-corrected chi connectivity index (χ2v) is 4.71. The zero-order chi connectivity index (χ0) is 15.8. The van der Waals surface area contributed by atoms with Crippen LogP contribution in [0, 0.1) is 11.6 Å². The molecule has 1 aromatic rings. The highest BCUT2D eigenvalue weighted by Gasteiger charge is 2.21. The van der Waals surface area contributed by atoms with Gasteiger partial charge in [-0.1, -0.05) is 25.8 Å². The zero-order valence-electron chi connectivity index (χ0n) is 12.1. The minimum absolute atomic E-state index is 0.128. The second-order valence-electron chi connectivity index (χ2n) is 4.71. The van der Waals surface area contributed by atoms with Gasteiger partial charge in [-0.25, -0.2) is 13.6 Å². The van der Waals surface area contributed by atoms with Crippen LogP contribution in [0.3, 0.4) is 0 Å². The van der Waals surface area contributed by atoms with Gasteiger partial charge in [0.2, 0.25) is 5.91 Å². The monoisotopic (exact) mass is 299 g/mol. The second kappa shape index (κ2) is 8.34. The predicted octanol–water partition coefficient (Wildman–Crippen LogP) is 2.36. The molecule has 6 heteroatoms. The summed E-state index contributed by atoms with van der Waals surface area (Å²) < 4.78 is 30.5. The van der Waals surface area contributed by atoms with E-state index < -0.39 is 29.6 Å². The Labute approximate surface area is 122 Å². The van der Waals surface area contributed by atoms with Gasteiger partial charge in [-0.15, -0.1) is 0 Å². The van der Waals surface area contributed by atoms with Crippen LogP contribution < -0.4 is 5.32 Å². The summed E-state index contributed by atoms with van der Waals surface area (Å²) in [6, 6.07) is 2.55. The number of hydrogen-bond donors (Lipinski definition) is 1. The van der Waals surface area contributed by atoms with Gasteiger partial charge in [-0.2, -0.15) is 0 Å². The minimum Gasteiger partial charge on any atom is -0.467 e. The van der Waals surface area contributed by atoms with E-state index >= 15 is 0 Å². The molecule has 0 aliphatic heterocycles. The van der Waals surface area contributed by atoms with Gasteiger partial charge in [0.25, 0.3) is 0 Å². The van der Waals surface area contributed by atoms with Crippen molar-refractivity contribution in [2.75, 3.05) is 7.11 Å². The number of carbonyl (C=O) groups is 2. The fourth-order valence-electron chi connectivity index (χ4n) is 1.88. The molecule has 0 unspecified atom stereocenters. The molecule has 1 atom stereocenters. The molecule has 1 N–H and O–H groups in total. The van der Waals surface area contributed by atoms with Crippen molar-refractivity contribution < 1.29 is 23.1 Å². The summed E-state index contributed by atoms with van der Waals surface area (Å²) in [6.45, 7) is 1.97. The van der Waals surface area contributed by atoms with Crippen LogP contribution in [-0.2, 0) is 20.7 Å². The number of ether oxygens (including phenoxy) is 1. The van der Waals surface area contributed by atoms with Crippen LogP contribution in [0.4, 0.5) is 8.78 Å². The summed E-state index contributed by atoms with van der Waals surface area (Å²) in [5.41, 5.74) is 0.338. The van der Waals surface area contributed by atoms with E-state index in [1.165, 1.54) is 13.2 Å². The summed E-state index contributed by atoms with van der Waals surface area (Å²) in [6.07, 6.45) is 2.00. The Morgan fingerprint density at radius 1 is 1.29 bits per heavy atom. The Morgan fingerprint density at radius 3 is 2.57 bits per heavy atom. The zero-order valence-corrected chi connectivity index (χ0v) is 12.1. The Balaban J connectivity index is 2.64. The van der Waals surface area contributed by atoms with Crippen molar-refractivity contribution in [3.05, 3.63) is 35.4 Å². The van der Waals surface area contributed by atoms with Crippen molar-refractivity contribution in [3.8, 4) is 0 Å². The van der Waals surface area contributed by atoms with Crippen LogP contribution in [-0.4, -0.2) is 25.0 Å². The van der Waals surface area contributed by atoms with Crippen molar-refractivity contribution in [3.63, 3.8) is 0 Å². The third kappa shape index (κ3) is 5.49. The van der Waals surface area contributed by atoms with E-state index in [0.717, 1.165) is 25.0 Å². The van der Waals surface area contributed by atoms with Crippen LogP contribution >= 0.6 is 0 Å². The lowest BCUT2D eigenvalue weighted by Gasteiger charge is -2.16. The minimum atomic E-state index is -1.00. The third-order valence-corrected chi connectivity index (χ3v) is 3.02. The first-order valence-electron chi connectivity index (χ1n) is 6.79. The number of carbonyl (C=O) groups excluding carboxylic acids is 2. The number of methoxy groups -OCH3 is 1. The molecule has 0 spiro atoms. The number of esters is 1. The average molecular weight is 299 g/mol. The molecule has 1 amide bonds. The van der Waals surface area contributed by atoms with Crippen LogP contribution in [0.15, 0.2) is 18.2 Å². The highest BCUT2D eigenvalue weighted by Crippen LogP contribution is 2.10. The number of unbranched alkanes of at least 4 members (excludes halogenated alkanes) is 1. The van der Waals surface area contributed by atoms with Gasteiger partial charge in [0.05, 0.1) is 13.5 Å². The molecule has 0 saturated carbocycles. The molecule has 0 bridgehead atoms.